The van der Waals surface area contributed by atoms with Crippen molar-refractivity contribution in [2.45, 2.75) is 33.9 Å². The lowest BCUT2D eigenvalue weighted by molar-refractivity contribution is 0.565. The lowest BCUT2D eigenvalue weighted by Gasteiger charge is -2.02. The highest BCUT2D eigenvalue weighted by Gasteiger charge is 2.10. The molecular weight excluding hydrogens is 266 g/mol. The second-order valence-corrected chi connectivity index (χ2v) is 6.53. The van der Waals surface area contributed by atoms with Crippen LogP contribution in [0.4, 0.5) is 0 Å². The molecule has 20 heavy (non-hydrogen) atoms. The van der Waals surface area contributed by atoms with E-state index in [1.807, 2.05) is 30.4 Å². The Morgan fingerprint density at radius 1 is 1.10 bits per heavy atom. The van der Waals surface area contributed by atoms with Crippen molar-refractivity contribution < 1.29 is 4.42 Å². The molecule has 104 valence electrons. The highest BCUT2D eigenvalue weighted by Crippen LogP contribution is 2.25. The molecule has 0 atom stereocenters. The van der Waals surface area contributed by atoms with Gasteiger partial charge in [-0.2, -0.15) is 0 Å². The maximum atomic E-state index is 5.79. The molecule has 0 amide bonds. The molecule has 2 nitrogen and oxygen atoms in total. The van der Waals surface area contributed by atoms with E-state index in [0.29, 0.717) is 0 Å². The zero-order valence-corrected chi connectivity index (χ0v) is 12.9. The first kappa shape index (κ1) is 13.4. The van der Waals surface area contributed by atoms with Gasteiger partial charge in [0.25, 0.3) is 0 Å². The molecule has 0 aliphatic carbocycles. The van der Waals surface area contributed by atoms with Gasteiger partial charge in [0, 0.05) is 33.8 Å². The molecule has 2 aromatic heterocycles. The van der Waals surface area contributed by atoms with Crippen LogP contribution < -0.4 is 5.32 Å². The minimum atomic E-state index is 0.846. The maximum absolute atomic E-state index is 5.79. The van der Waals surface area contributed by atoms with Crippen molar-refractivity contribution in [3.8, 4) is 0 Å². The summed E-state index contributed by atoms with van der Waals surface area (Å²) in [6, 6.07) is 10.5. The second-order valence-electron chi connectivity index (χ2n) is 5.19. The highest BCUT2D eigenvalue weighted by atomic mass is 32.1. The van der Waals surface area contributed by atoms with Gasteiger partial charge in [-0.05, 0) is 38.5 Å². The van der Waals surface area contributed by atoms with Crippen LogP contribution in [0.25, 0.3) is 11.0 Å². The lowest BCUT2D eigenvalue weighted by Crippen LogP contribution is -2.12. The van der Waals surface area contributed by atoms with Crippen molar-refractivity contribution in [1.29, 1.82) is 0 Å². The van der Waals surface area contributed by atoms with Crippen molar-refractivity contribution in [3.63, 3.8) is 0 Å². The predicted octanol–water partition coefficient (Wildman–Crippen LogP) is 4.71. The first-order chi connectivity index (χ1) is 9.65. The minimum absolute atomic E-state index is 0.846. The van der Waals surface area contributed by atoms with Gasteiger partial charge in [-0.1, -0.05) is 18.2 Å². The van der Waals surface area contributed by atoms with E-state index in [4.69, 9.17) is 4.42 Å². The van der Waals surface area contributed by atoms with E-state index < -0.39 is 0 Å². The zero-order chi connectivity index (χ0) is 14.1. The number of thiophene rings is 1. The summed E-state index contributed by atoms with van der Waals surface area (Å²) in [5.41, 5.74) is 3.63. The number of hydrogen-bond acceptors (Lipinski definition) is 3. The Balaban J connectivity index is 1.72. The van der Waals surface area contributed by atoms with Crippen LogP contribution in [0.2, 0.25) is 0 Å². The first-order valence-corrected chi connectivity index (χ1v) is 7.70. The van der Waals surface area contributed by atoms with E-state index >= 15 is 0 Å². The van der Waals surface area contributed by atoms with E-state index in [1.54, 1.807) is 0 Å². The number of nitrogens with one attached hydrogen (secondary N) is 1. The van der Waals surface area contributed by atoms with Crippen LogP contribution in [0.3, 0.4) is 0 Å². The van der Waals surface area contributed by atoms with E-state index in [9.17, 15) is 0 Å². The predicted molar refractivity (Wildman–Crippen MR) is 85.3 cm³/mol. The molecule has 3 aromatic rings. The molecule has 1 aromatic carbocycles. The largest absolute Gasteiger partial charge is 0.461 e. The Labute approximate surface area is 123 Å². The summed E-state index contributed by atoms with van der Waals surface area (Å²) in [4.78, 5) is 2.80. The zero-order valence-electron chi connectivity index (χ0n) is 12.1. The van der Waals surface area contributed by atoms with Crippen LogP contribution in [-0.4, -0.2) is 0 Å². The van der Waals surface area contributed by atoms with Gasteiger partial charge in [-0.3, -0.25) is 0 Å². The molecule has 0 unspecified atom stereocenters. The molecular formula is C17H19NOS. The SMILES string of the molecule is Cc1cc(CNCc2c(C)oc3ccccc23)sc1C. The number of hydrogen-bond donors (Lipinski definition) is 1. The second kappa shape index (κ2) is 5.43. The van der Waals surface area contributed by atoms with Crippen LogP contribution in [0, 0.1) is 20.8 Å². The highest BCUT2D eigenvalue weighted by molar-refractivity contribution is 7.12. The van der Waals surface area contributed by atoms with E-state index in [2.05, 4.69) is 37.4 Å². The van der Waals surface area contributed by atoms with Gasteiger partial charge in [0.1, 0.15) is 11.3 Å². The van der Waals surface area contributed by atoms with Crippen LogP contribution in [0.15, 0.2) is 34.7 Å². The summed E-state index contributed by atoms with van der Waals surface area (Å²) < 4.78 is 5.79. The van der Waals surface area contributed by atoms with E-state index in [-0.39, 0.29) is 0 Å². The number of fused-ring (bicyclic) bond motifs is 1. The van der Waals surface area contributed by atoms with Gasteiger partial charge in [-0.15, -0.1) is 11.3 Å². The molecule has 0 aliphatic rings. The Bertz CT molecular complexity index is 719. The fourth-order valence-electron chi connectivity index (χ4n) is 2.49. The van der Waals surface area contributed by atoms with Crippen molar-refractivity contribution in [2.24, 2.45) is 0 Å². The normalized spacial score (nSPS) is 11.3. The molecule has 0 fully saturated rings. The van der Waals surface area contributed by atoms with Crippen molar-refractivity contribution in [1.82, 2.24) is 5.32 Å². The Morgan fingerprint density at radius 2 is 1.90 bits per heavy atom. The quantitative estimate of drug-likeness (QED) is 0.751. The standard InChI is InChI=1S/C17H19NOS/c1-11-8-14(20-13(11)3)9-18-10-16-12(2)19-17-7-5-4-6-15(16)17/h4-8,18H,9-10H2,1-3H3. The number of para-hydroxylation sites is 1. The monoisotopic (exact) mass is 285 g/mol. The van der Waals surface area contributed by atoms with Gasteiger partial charge in [-0.25, -0.2) is 0 Å². The summed E-state index contributed by atoms with van der Waals surface area (Å²) in [6.45, 7) is 8.15. The van der Waals surface area contributed by atoms with Crippen molar-refractivity contribution in [2.75, 3.05) is 0 Å². The number of benzene rings is 1. The molecule has 2 heterocycles. The van der Waals surface area contributed by atoms with Gasteiger partial charge >= 0.3 is 0 Å². The molecule has 0 spiro atoms. The van der Waals surface area contributed by atoms with Crippen LogP contribution in [-0.2, 0) is 13.1 Å². The maximum Gasteiger partial charge on any atom is 0.134 e. The fourth-order valence-corrected chi connectivity index (χ4v) is 3.51. The Morgan fingerprint density at radius 3 is 2.65 bits per heavy atom. The molecule has 1 N–H and O–H groups in total. The van der Waals surface area contributed by atoms with Crippen LogP contribution >= 0.6 is 11.3 Å². The summed E-state index contributed by atoms with van der Waals surface area (Å²) in [5, 5.41) is 4.75. The third-order valence-electron chi connectivity index (χ3n) is 3.72. The average molecular weight is 285 g/mol. The topological polar surface area (TPSA) is 25.2 Å². The van der Waals surface area contributed by atoms with Crippen molar-refractivity contribution >= 4 is 22.3 Å². The number of rotatable bonds is 4. The third-order valence-corrected chi connectivity index (χ3v) is 4.87. The lowest BCUT2D eigenvalue weighted by atomic mass is 10.1. The molecule has 3 heteroatoms. The summed E-state index contributed by atoms with van der Waals surface area (Å²) in [6.07, 6.45) is 0. The molecule has 0 bridgehead atoms. The molecule has 0 saturated heterocycles. The third kappa shape index (κ3) is 2.51. The van der Waals surface area contributed by atoms with E-state index in [0.717, 1.165) is 24.4 Å². The fraction of sp³-hybridized carbons (Fsp3) is 0.294. The average Bonchev–Trinajstić information content (AvgIpc) is 2.91. The van der Waals surface area contributed by atoms with Crippen LogP contribution in [0.1, 0.15) is 26.6 Å². The molecule has 0 radical (unpaired) electrons. The summed E-state index contributed by atoms with van der Waals surface area (Å²) in [7, 11) is 0. The van der Waals surface area contributed by atoms with E-state index in [1.165, 1.54) is 26.3 Å². The van der Waals surface area contributed by atoms with Gasteiger partial charge in [0.15, 0.2) is 0 Å². The van der Waals surface area contributed by atoms with Gasteiger partial charge in [0.05, 0.1) is 0 Å². The summed E-state index contributed by atoms with van der Waals surface area (Å²) in [5.74, 6) is 1.01. The molecule has 0 saturated carbocycles. The molecule has 0 aliphatic heterocycles. The van der Waals surface area contributed by atoms with Crippen LogP contribution in [0.5, 0.6) is 0 Å². The molecule has 3 rings (SSSR count). The summed E-state index contributed by atoms with van der Waals surface area (Å²) >= 11 is 1.87. The van der Waals surface area contributed by atoms with Gasteiger partial charge < -0.3 is 9.73 Å². The smallest absolute Gasteiger partial charge is 0.134 e. The number of furan rings is 1. The van der Waals surface area contributed by atoms with Gasteiger partial charge in [0.2, 0.25) is 0 Å². The Kier molecular flexibility index (Phi) is 3.64. The minimum Gasteiger partial charge on any atom is -0.461 e. The first-order valence-electron chi connectivity index (χ1n) is 6.89. The van der Waals surface area contributed by atoms with Crippen molar-refractivity contribution in [3.05, 3.63) is 57.0 Å². The Hall–Kier alpha value is -1.58. The number of aryl methyl sites for hydroxylation is 3.